The predicted octanol–water partition coefficient (Wildman–Crippen LogP) is -0.216. The quantitative estimate of drug-likeness (QED) is 0.539. The van der Waals surface area contributed by atoms with E-state index in [9.17, 15) is 10.1 Å². The van der Waals surface area contributed by atoms with Gasteiger partial charge in [0.05, 0.1) is 17.6 Å². The Morgan fingerprint density at radius 3 is 2.81 bits per heavy atom. The molecule has 16 heavy (non-hydrogen) atoms. The molecule has 0 spiro atoms. The van der Waals surface area contributed by atoms with Gasteiger partial charge in [0.1, 0.15) is 6.33 Å². The minimum Gasteiger partial charge on any atom is -0.394 e. The number of likely N-dealkylation sites (N-methyl/N-ethyl adjacent to an activating group) is 1. The molecule has 1 aromatic heterocycles. The van der Waals surface area contributed by atoms with Crippen LogP contribution in [0.2, 0.25) is 0 Å². The lowest BCUT2D eigenvalue weighted by Crippen LogP contribution is -2.33. The second-order valence-electron chi connectivity index (χ2n) is 3.33. The Hall–Kier alpha value is -1.96. The van der Waals surface area contributed by atoms with Gasteiger partial charge in [0, 0.05) is 7.05 Å². The fourth-order valence-corrected chi connectivity index (χ4v) is 1.15. The summed E-state index contributed by atoms with van der Waals surface area (Å²) in [5, 5.41) is 19.8. The Morgan fingerprint density at radius 1 is 1.69 bits per heavy atom. The van der Waals surface area contributed by atoms with E-state index in [0.717, 1.165) is 6.33 Å². The highest BCUT2D eigenvalue weighted by Crippen LogP contribution is 2.29. The molecule has 1 heterocycles. The second-order valence-corrected chi connectivity index (χ2v) is 3.33. The third-order valence-electron chi connectivity index (χ3n) is 2.27. The Kier molecular flexibility index (Phi) is 3.56. The number of aromatic nitrogens is 2. The van der Waals surface area contributed by atoms with Crippen molar-refractivity contribution >= 4 is 17.3 Å². The van der Waals surface area contributed by atoms with Crippen molar-refractivity contribution in [3.63, 3.8) is 0 Å². The second kappa shape index (κ2) is 4.71. The van der Waals surface area contributed by atoms with Crippen LogP contribution in [-0.4, -0.2) is 39.7 Å². The highest BCUT2D eigenvalue weighted by atomic mass is 16.6. The normalized spacial score (nSPS) is 12.2. The monoisotopic (exact) mass is 227 g/mol. The van der Waals surface area contributed by atoms with E-state index in [0.29, 0.717) is 0 Å². The van der Waals surface area contributed by atoms with Crippen LogP contribution in [-0.2, 0) is 0 Å². The molecule has 88 valence electrons. The first-order valence-electron chi connectivity index (χ1n) is 4.57. The number of nitrogens with zero attached hydrogens (tertiary/aromatic N) is 4. The Balaban J connectivity index is 3.22. The van der Waals surface area contributed by atoms with E-state index < -0.39 is 4.92 Å². The Labute approximate surface area is 91.9 Å². The molecule has 0 bridgehead atoms. The number of nitrogens with two attached hydrogens (primary N) is 1. The standard InChI is InChI=1S/C8H13N5O3/c1-5(3-14)12(2)8-6(13(15)16)7(9)10-4-11-8/h4-5,14H,3H2,1-2H3,(H2,9,10,11). The van der Waals surface area contributed by atoms with Crippen LogP contribution in [0, 0.1) is 10.1 Å². The van der Waals surface area contributed by atoms with Crippen LogP contribution in [0.25, 0.3) is 0 Å². The molecular formula is C8H13N5O3. The SMILES string of the molecule is CC(CO)N(C)c1ncnc(N)c1[N+](=O)[O-]. The highest BCUT2D eigenvalue weighted by molar-refractivity contribution is 5.68. The van der Waals surface area contributed by atoms with Crippen LogP contribution in [0.3, 0.4) is 0 Å². The average molecular weight is 227 g/mol. The first-order valence-corrected chi connectivity index (χ1v) is 4.57. The molecule has 1 rings (SSSR count). The molecular weight excluding hydrogens is 214 g/mol. The van der Waals surface area contributed by atoms with Crippen LogP contribution < -0.4 is 10.6 Å². The van der Waals surface area contributed by atoms with Crippen molar-refractivity contribution in [1.82, 2.24) is 9.97 Å². The maximum absolute atomic E-state index is 10.8. The molecule has 0 radical (unpaired) electrons. The van der Waals surface area contributed by atoms with Crippen LogP contribution in [0.1, 0.15) is 6.92 Å². The molecule has 0 amide bonds. The molecule has 0 aliphatic carbocycles. The maximum Gasteiger partial charge on any atom is 0.353 e. The van der Waals surface area contributed by atoms with Gasteiger partial charge in [-0.15, -0.1) is 0 Å². The molecule has 0 aliphatic rings. The van der Waals surface area contributed by atoms with Gasteiger partial charge in [0.25, 0.3) is 0 Å². The van der Waals surface area contributed by atoms with Gasteiger partial charge < -0.3 is 15.7 Å². The number of rotatable bonds is 4. The van der Waals surface area contributed by atoms with Crippen LogP contribution in [0.5, 0.6) is 0 Å². The van der Waals surface area contributed by atoms with E-state index in [4.69, 9.17) is 10.8 Å². The largest absolute Gasteiger partial charge is 0.394 e. The topological polar surface area (TPSA) is 118 Å². The first-order chi connectivity index (χ1) is 7.49. The third kappa shape index (κ3) is 2.16. The molecule has 1 aromatic rings. The lowest BCUT2D eigenvalue weighted by molar-refractivity contribution is -0.383. The summed E-state index contributed by atoms with van der Waals surface area (Å²) in [6, 6.07) is -0.298. The van der Waals surface area contributed by atoms with Crippen molar-refractivity contribution in [2.45, 2.75) is 13.0 Å². The van der Waals surface area contributed by atoms with Crippen molar-refractivity contribution < 1.29 is 10.0 Å². The van der Waals surface area contributed by atoms with Gasteiger partial charge in [-0.3, -0.25) is 10.1 Å². The smallest absolute Gasteiger partial charge is 0.353 e. The van der Waals surface area contributed by atoms with Gasteiger partial charge in [-0.05, 0) is 6.92 Å². The number of anilines is 2. The third-order valence-corrected chi connectivity index (χ3v) is 2.27. The number of hydrogen-bond donors (Lipinski definition) is 2. The summed E-state index contributed by atoms with van der Waals surface area (Å²) in [4.78, 5) is 19.0. The zero-order valence-electron chi connectivity index (χ0n) is 8.99. The fourth-order valence-electron chi connectivity index (χ4n) is 1.15. The summed E-state index contributed by atoms with van der Waals surface area (Å²) in [6.07, 6.45) is 1.15. The number of hydrogen-bond acceptors (Lipinski definition) is 7. The molecule has 0 saturated heterocycles. The molecule has 8 nitrogen and oxygen atoms in total. The molecule has 0 saturated carbocycles. The lowest BCUT2D eigenvalue weighted by atomic mass is 10.3. The van der Waals surface area contributed by atoms with Gasteiger partial charge in [-0.1, -0.05) is 0 Å². The summed E-state index contributed by atoms with van der Waals surface area (Å²) in [5.74, 6) is -0.0916. The molecule has 0 fully saturated rings. The van der Waals surface area contributed by atoms with E-state index in [-0.39, 0.29) is 30.0 Å². The summed E-state index contributed by atoms with van der Waals surface area (Å²) in [5.41, 5.74) is 5.08. The zero-order chi connectivity index (χ0) is 12.3. The molecule has 8 heteroatoms. The number of aliphatic hydroxyl groups is 1. The van der Waals surface area contributed by atoms with Gasteiger partial charge in [-0.25, -0.2) is 9.97 Å². The van der Waals surface area contributed by atoms with E-state index >= 15 is 0 Å². The van der Waals surface area contributed by atoms with Crippen molar-refractivity contribution in [2.24, 2.45) is 0 Å². The van der Waals surface area contributed by atoms with Crippen molar-refractivity contribution in [3.8, 4) is 0 Å². The minimum atomic E-state index is -0.634. The summed E-state index contributed by atoms with van der Waals surface area (Å²) >= 11 is 0. The summed E-state index contributed by atoms with van der Waals surface area (Å²) in [7, 11) is 1.59. The Morgan fingerprint density at radius 2 is 2.31 bits per heavy atom. The number of nitro groups is 1. The van der Waals surface area contributed by atoms with E-state index in [1.54, 1.807) is 14.0 Å². The first kappa shape index (κ1) is 12.1. The van der Waals surface area contributed by atoms with E-state index in [2.05, 4.69) is 9.97 Å². The minimum absolute atomic E-state index is 0.0963. The Bertz CT molecular complexity index is 397. The van der Waals surface area contributed by atoms with Gasteiger partial charge in [0.15, 0.2) is 0 Å². The van der Waals surface area contributed by atoms with Crippen LogP contribution >= 0.6 is 0 Å². The van der Waals surface area contributed by atoms with E-state index in [1.165, 1.54) is 4.90 Å². The lowest BCUT2D eigenvalue weighted by Gasteiger charge is -2.23. The van der Waals surface area contributed by atoms with Crippen LogP contribution in [0.4, 0.5) is 17.3 Å². The van der Waals surface area contributed by atoms with Crippen molar-refractivity contribution in [2.75, 3.05) is 24.3 Å². The molecule has 0 aliphatic heterocycles. The summed E-state index contributed by atoms with van der Waals surface area (Å²) in [6.45, 7) is 1.57. The fraction of sp³-hybridized carbons (Fsp3) is 0.500. The van der Waals surface area contributed by atoms with Gasteiger partial charge >= 0.3 is 5.69 Å². The van der Waals surface area contributed by atoms with Gasteiger partial charge in [-0.2, -0.15) is 0 Å². The number of aliphatic hydroxyl groups excluding tert-OH is 1. The predicted molar refractivity (Wildman–Crippen MR) is 58.0 cm³/mol. The average Bonchev–Trinajstić information content (AvgIpc) is 2.26. The highest BCUT2D eigenvalue weighted by Gasteiger charge is 2.25. The van der Waals surface area contributed by atoms with Crippen molar-refractivity contribution in [1.29, 1.82) is 0 Å². The molecule has 0 aromatic carbocycles. The molecule has 1 unspecified atom stereocenters. The zero-order valence-corrected chi connectivity index (χ0v) is 8.99. The van der Waals surface area contributed by atoms with Crippen molar-refractivity contribution in [3.05, 3.63) is 16.4 Å². The molecule has 1 atom stereocenters. The van der Waals surface area contributed by atoms with Gasteiger partial charge in [0.2, 0.25) is 11.6 Å². The van der Waals surface area contributed by atoms with Crippen LogP contribution in [0.15, 0.2) is 6.33 Å². The number of nitrogen functional groups attached to an aromatic ring is 1. The molecule has 3 N–H and O–H groups in total. The van der Waals surface area contributed by atoms with E-state index in [1.807, 2.05) is 0 Å². The summed E-state index contributed by atoms with van der Waals surface area (Å²) < 4.78 is 0. The maximum atomic E-state index is 10.8.